The molecular weight excluding hydrogens is 144 g/mol. The quantitative estimate of drug-likeness (QED) is 0.680. The molecule has 0 aliphatic carbocycles. The van der Waals surface area contributed by atoms with Gasteiger partial charge in [0.15, 0.2) is 0 Å². The highest BCUT2D eigenvalue weighted by Crippen LogP contribution is 2.29. The number of pyridine rings is 1. The molecule has 0 aromatic carbocycles. The first kappa shape index (κ1) is 7.65. The molecule has 1 aromatic rings. The summed E-state index contributed by atoms with van der Waals surface area (Å²) < 4.78 is 9.86. The summed E-state index contributed by atoms with van der Waals surface area (Å²) in [5, 5.41) is 0. The fourth-order valence-electron chi connectivity index (χ4n) is 0.794. The van der Waals surface area contributed by atoms with Crippen LogP contribution in [0, 0.1) is 0 Å². The Morgan fingerprint density at radius 1 is 1.36 bits per heavy atom. The van der Waals surface area contributed by atoms with Gasteiger partial charge >= 0.3 is 0 Å². The van der Waals surface area contributed by atoms with Gasteiger partial charge in [-0.25, -0.2) is 4.98 Å². The summed E-state index contributed by atoms with van der Waals surface area (Å²) in [4.78, 5) is 3.90. The molecule has 0 aliphatic heterocycles. The summed E-state index contributed by atoms with van der Waals surface area (Å²) >= 11 is 0. The van der Waals surface area contributed by atoms with Crippen molar-refractivity contribution in [3.05, 3.63) is 12.3 Å². The maximum atomic E-state index is 5.56. The third-order valence-electron chi connectivity index (χ3n) is 1.30. The number of nitrogens with two attached hydrogens (primary N) is 1. The summed E-state index contributed by atoms with van der Waals surface area (Å²) in [5.41, 5.74) is 6.09. The SMILES string of the molecule is COc1nccc(N)c1OC. The van der Waals surface area contributed by atoms with Crippen molar-refractivity contribution >= 4 is 5.69 Å². The molecule has 60 valence electrons. The van der Waals surface area contributed by atoms with E-state index in [2.05, 4.69) is 4.98 Å². The highest BCUT2D eigenvalue weighted by atomic mass is 16.5. The highest BCUT2D eigenvalue weighted by molar-refractivity contribution is 5.56. The van der Waals surface area contributed by atoms with E-state index < -0.39 is 0 Å². The normalized spacial score (nSPS) is 9.27. The van der Waals surface area contributed by atoms with Crippen LogP contribution in [0.4, 0.5) is 5.69 Å². The van der Waals surface area contributed by atoms with Crippen LogP contribution in [0.5, 0.6) is 11.6 Å². The molecule has 0 saturated carbocycles. The van der Waals surface area contributed by atoms with Crippen molar-refractivity contribution < 1.29 is 9.47 Å². The van der Waals surface area contributed by atoms with Gasteiger partial charge < -0.3 is 15.2 Å². The number of hydrogen-bond acceptors (Lipinski definition) is 4. The van der Waals surface area contributed by atoms with Gasteiger partial charge in [-0.15, -0.1) is 0 Å². The molecule has 0 unspecified atom stereocenters. The number of nitrogens with zero attached hydrogens (tertiary/aromatic N) is 1. The van der Waals surface area contributed by atoms with Crippen LogP contribution in [0.25, 0.3) is 0 Å². The van der Waals surface area contributed by atoms with Crippen LogP contribution in [-0.4, -0.2) is 19.2 Å². The Hall–Kier alpha value is -1.45. The highest BCUT2D eigenvalue weighted by Gasteiger charge is 2.06. The molecule has 0 radical (unpaired) electrons. The average molecular weight is 154 g/mol. The van der Waals surface area contributed by atoms with Gasteiger partial charge in [0, 0.05) is 6.20 Å². The lowest BCUT2D eigenvalue weighted by Gasteiger charge is -2.06. The molecule has 0 fully saturated rings. The summed E-state index contributed by atoms with van der Waals surface area (Å²) in [5.74, 6) is 0.891. The van der Waals surface area contributed by atoms with Gasteiger partial charge in [-0.3, -0.25) is 0 Å². The van der Waals surface area contributed by atoms with E-state index in [0.717, 1.165) is 0 Å². The van der Waals surface area contributed by atoms with Crippen molar-refractivity contribution in [3.63, 3.8) is 0 Å². The monoisotopic (exact) mass is 154 g/mol. The van der Waals surface area contributed by atoms with Crippen LogP contribution in [0.1, 0.15) is 0 Å². The predicted molar refractivity (Wildman–Crippen MR) is 41.8 cm³/mol. The van der Waals surface area contributed by atoms with E-state index in [1.165, 1.54) is 14.2 Å². The first-order valence-corrected chi connectivity index (χ1v) is 3.12. The maximum Gasteiger partial charge on any atom is 0.258 e. The molecule has 0 saturated heterocycles. The van der Waals surface area contributed by atoms with E-state index in [0.29, 0.717) is 17.3 Å². The minimum atomic E-state index is 0.410. The van der Waals surface area contributed by atoms with E-state index in [-0.39, 0.29) is 0 Å². The molecule has 1 aromatic heterocycles. The Labute approximate surface area is 64.9 Å². The van der Waals surface area contributed by atoms with Crippen molar-refractivity contribution in [1.82, 2.24) is 4.98 Å². The van der Waals surface area contributed by atoms with Crippen molar-refractivity contribution in [2.45, 2.75) is 0 Å². The third kappa shape index (κ3) is 1.34. The fraction of sp³-hybridized carbons (Fsp3) is 0.286. The lowest BCUT2D eigenvalue weighted by atomic mass is 10.4. The zero-order valence-electron chi connectivity index (χ0n) is 6.50. The lowest BCUT2D eigenvalue weighted by Crippen LogP contribution is -1.97. The molecule has 1 rings (SSSR count). The number of methoxy groups -OCH3 is 2. The van der Waals surface area contributed by atoms with Gasteiger partial charge in [-0.2, -0.15) is 0 Å². The largest absolute Gasteiger partial charge is 0.490 e. The second kappa shape index (κ2) is 3.09. The van der Waals surface area contributed by atoms with Crippen LogP contribution >= 0.6 is 0 Å². The molecule has 0 amide bonds. The smallest absolute Gasteiger partial charge is 0.258 e. The van der Waals surface area contributed by atoms with Crippen molar-refractivity contribution in [2.75, 3.05) is 20.0 Å². The molecule has 0 bridgehead atoms. The van der Waals surface area contributed by atoms with E-state index >= 15 is 0 Å². The molecule has 0 atom stereocenters. The zero-order chi connectivity index (χ0) is 8.27. The van der Waals surface area contributed by atoms with Gasteiger partial charge in [0.1, 0.15) is 0 Å². The zero-order valence-corrected chi connectivity index (χ0v) is 6.50. The Bertz CT molecular complexity index is 250. The minimum Gasteiger partial charge on any atom is -0.490 e. The molecule has 4 nitrogen and oxygen atoms in total. The Balaban J connectivity index is 3.13. The summed E-state index contributed by atoms with van der Waals surface area (Å²) in [6.45, 7) is 0. The number of anilines is 1. The van der Waals surface area contributed by atoms with Gasteiger partial charge in [0.2, 0.25) is 5.75 Å². The Morgan fingerprint density at radius 2 is 2.09 bits per heavy atom. The molecule has 0 aliphatic rings. The van der Waals surface area contributed by atoms with Gasteiger partial charge in [-0.1, -0.05) is 0 Å². The number of rotatable bonds is 2. The predicted octanol–water partition coefficient (Wildman–Crippen LogP) is 0.681. The summed E-state index contributed by atoms with van der Waals surface area (Å²) in [6, 6.07) is 1.65. The maximum absolute atomic E-state index is 5.56. The van der Waals surface area contributed by atoms with E-state index in [1.54, 1.807) is 12.3 Å². The number of ether oxygens (including phenoxy) is 2. The molecule has 11 heavy (non-hydrogen) atoms. The van der Waals surface area contributed by atoms with Gasteiger partial charge in [-0.05, 0) is 6.07 Å². The van der Waals surface area contributed by atoms with E-state index in [1.807, 2.05) is 0 Å². The first-order valence-electron chi connectivity index (χ1n) is 3.12. The molecule has 1 heterocycles. The summed E-state index contributed by atoms with van der Waals surface area (Å²) in [7, 11) is 3.04. The first-order chi connectivity index (χ1) is 5.29. The Morgan fingerprint density at radius 3 is 2.55 bits per heavy atom. The lowest BCUT2D eigenvalue weighted by molar-refractivity contribution is 0.344. The summed E-state index contributed by atoms with van der Waals surface area (Å²) in [6.07, 6.45) is 1.57. The van der Waals surface area contributed by atoms with Crippen molar-refractivity contribution in [2.24, 2.45) is 0 Å². The standard InChI is InChI=1S/C7H10N2O2/c1-10-6-5(8)3-4-9-7(6)11-2/h3-4H,1-2H3,(H2,8,9). The topological polar surface area (TPSA) is 57.4 Å². The van der Waals surface area contributed by atoms with Gasteiger partial charge in [0.25, 0.3) is 5.88 Å². The molecule has 2 N–H and O–H groups in total. The molecule has 4 heteroatoms. The fourth-order valence-corrected chi connectivity index (χ4v) is 0.794. The van der Waals surface area contributed by atoms with Gasteiger partial charge in [0.05, 0.1) is 19.9 Å². The second-order valence-corrected chi connectivity index (χ2v) is 1.94. The van der Waals surface area contributed by atoms with E-state index in [9.17, 15) is 0 Å². The van der Waals surface area contributed by atoms with Crippen LogP contribution in [0.15, 0.2) is 12.3 Å². The molecular formula is C7H10N2O2. The number of aromatic nitrogens is 1. The number of nitrogen functional groups attached to an aromatic ring is 1. The minimum absolute atomic E-state index is 0.410. The third-order valence-corrected chi connectivity index (χ3v) is 1.30. The van der Waals surface area contributed by atoms with Crippen LogP contribution in [-0.2, 0) is 0 Å². The van der Waals surface area contributed by atoms with Crippen molar-refractivity contribution in [3.8, 4) is 11.6 Å². The number of hydrogen-bond donors (Lipinski definition) is 1. The van der Waals surface area contributed by atoms with E-state index in [4.69, 9.17) is 15.2 Å². The Kier molecular flexibility index (Phi) is 2.15. The van der Waals surface area contributed by atoms with Crippen LogP contribution in [0.3, 0.4) is 0 Å². The van der Waals surface area contributed by atoms with Crippen molar-refractivity contribution in [1.29, 1.82) is 0 Å². The van der Waals surface area contributed by atoms with Crippen LogP contribution in [0.2, 0.25) is 0 Å². The van der Waals surface area contributed by atoms with Crippen LogP contribution < -0.4 is 15.2 Å². The second-order valence-electron chi connectivity index (χ2n) is 1.94. The average Bonchev–Trinajstić information content (AvgIpc) is 2.04. The molecule has 0 spiro atoms.